The van der Waals surface area contributed by atoms with Gasteiger partial charge in [0.2, 0.25) is 0 Å². The van der Waals surface area contributed by atoms with E-state index in [0.29, 0.717) is 12.4 Å². The Bertz CT molecular complexity index is 809. The van der Waals surface area contributed by atoms with Crippen LogP contribution in [0.1, 0.15) is 5.56 Å². The number of ether oxygens (including phenoxy) is 1. The minimum Gasteiger partial charge on any atom is -0.490 e. The van der Waals surface area contributed by atoms with E-state index < -0.39 is 0 Å². The predicted molar refractivity (Wildman–Crippen MR) is 90.6 cm³/mol. The first-order chi connectivity index (χ1) is 11.4. The molecular formula is C18H16N4O. The monoisotopic (exact) mass is 304 g/mol. The van der Waals surface area contributed by atoms with E-state index in [4.69, 9.17) is 4.74 Å². The van der Waals surface area contributed by atoms with Gasteiger partial charge < -0.3 is 4.74 Å². The zero-order valence-electron chi connectivity index (χ0n) is 12.5. The van der Waals surface area contributed by atoms with Gasteiger partial charge in [-0.05, 0) is 17.7 Å². The summed E-state index contributed by atoms with van der Waals surface area (Å²) in [7, 11) is 0. The number of rotatable bonds is 6. The molecule has 1 aromatic heterocycles. The molecule has 0 unspecified atom stereocenters. The highest BCUT2D eigenvalue weighted by Gasteiger charge is 2.05. The lowest BCUT2D eigenvalue weighted by Crippen LogP contribution is -1.95. The molecule has 0 N–H and O–H groups in total. The average Bonchev–Trinajstić information content (AvgIpc) is 3.08. The van der Waals surface area contributed by atoms with Gasteiger partial charge in [-0.1, -0.05) is 55.1 Å². The van der Waals surface area contributed by atoms with Crippen LogP contribution < -0.4 is 4.74 Å². The Kier molecular flexibility index (Phi) is 4.59. The van der Waals surface area contributed by atoms with Gasteiger partial charge in [-0.2, -0.15) is 9.78 Å². The summed E-state index contributed by atoms with van der Waals surface area (Å²) in [5.74, 6) is 1.47. The number of hydrogen-bond donors (Lipinski definition) is 0. The van der Waals surface area contributed by atoms with E-state index in [-0.39, 0.29) is 0 Å². The third kappa shape index (κ3) is 3.71. The lowest BCUT2D eigenvalue weighted by Gasteiger charge is -2.03. The van der Waals surface area contributed by atoms with Crippen LogP contribution in [-0.4, -0.2) is 27.7 Å². The Morgan fingerprint density at radius 1 is 1.13 bits per heavy atom. The van der Waals surface area contributed by atoms with Crippen molar-refractivity contribution in [2.45, 2.75) is 0 Å². The van der Waals surface area contributed by atoms with E-state index in [1.807, 2.05) is 54.6 Å². The fourth-order valence-electron chi connectivity index (χ4n) is 2.06. The lowest BCUT2D eigenvalue weighted by molar-refractivity contribution is 0.363. The average molecular weight is 304 g/mol. The quantitative estimate of drug-likeness (QED) is 0.518. The molecule has 0 saturated heterocycles. The summed E-state index contributed by atoms with van der Waals surface area (Å²) in [5, 5.41) is 12.5. The number of hydrogen-bond acceptors (Lipinski definition) is 4. The van der Waals surface area contributed by atoms with Crippen molar-refractivity contribution >= 4 is 6.21 Å². The highest BCUT2D eigenvalue weighted by atomic mass is 16.5. The highest BCUT2D eigenvalue weighted by molar-refractivity contribution is 5.80. The molecule has 1 heterocycles. The second kappa shape index (κ2) is 7.17. The van der Waals surface area contributed by atoms with Crippen molar-refractivity contribution in [3.8, 4) is 17.1 Å². The van der Waals surface area contributed by atoms with Gasteiger partial charge in [-0.3, -0.25) is 0 Å². The fraction of sp³-hybridized carbons (Fsp3) is 0.0556. The van der Waals surface area contributed by atoms with Gasteiger partial charge >= 0.3 is 0 Å². The van der Waals surface area contributed by atoms with Crippen LogP contribution in [0.5, 0.6) is 5.75 Å². The Hall–Kier alpha value is -3.21. The molecule has 0 saturated carbocycles. The number of benzene rings is 2. The summed E-state index contributed by atoms with van der Waals surface area (Å²) in [6.45, 7) is 4.11. The van der Waals surface area contributed by atoms with Crippen molar-refractivity contribution in [1.29, 1.82) is 0 Å². The van der Waals surface area contributed by atoms with Crippen LogP contribution in [0.3, 0.4) is 0 Å². The minimum absolute atomic E-state index is 0.476. The van der Waals surface area contributed by atoms with Crippen LogP contribution in [0.15, 0.2) is 78.7 Å². The van der Waals surface area contributed by atoms with E-state index in [0.717, 1.165) is 16.9 Å². The van der Waals surface area contributed by atoms with Crippen molar-refractivity contribution in [2.75, 3.05) is 6.61 Å². The van der Waals surface area contributed by atoms with E-state index in [9.17, 15) is 0 Å². The molecule has 5 heteroatoms. The Morgan fingerprint density at radius 2 is 2.00 bits per heavy atom. The van der Waals surface area contributed by atoms with Crippen molar-refractivity contribution in [1.82, 2.24) is 14.9 Å². The summed E-state index contributed by atoms with van der Waals surface area (Å²) in [5.41, 5.74) is 1.89. The molecule has 0 aliphatic rings. The predicted octanol–water partition coefficient (Wildman–Crippen LogP) is 3.39. The topological polar surface area (TPSA) is 52.3 Å². The standard InChI is InChI=1S/C18H16N4O/c1-2-11-23-17-10-6-7-15(12-17)13-20-22-14-19-21-18(22)16-8-4-3-5-9-16/h2-10,12-14H,1,11H2/b20-13-. The van der Waals surface area contributed by atoms with Gasteiger partial charge in [-0.15, -0.1) is 10.2 Å². The summed E-state index contributed by atoms with van der Waals surface area (Å²) >= 11 is 0. The summed E-state index contributed by atoms with van der Waals surface area (Å²) in [4.78, 5) is 0. The Balaban J connectivity index is 1.81. The summed E-state index contributed by atoms with van der Waals surface area (Å²) in [6.07, 6.45) is 5.04. The Morgan fingerprint density at radius 3 is 2.83 bits per heavy atom. The normalized spacial score (nSPS) is 10.8. The fourth-order valence-corrected chi connectivity index (χ4v) is 2.06. The molecule has 0 amide bonds. The molecule has 0 fully saturated rings. The first-order valence-corrected chi connectivity index (χ1v) is 7.20. The second-order valence-corrected chi connectivity index (χ2v) is 4.78. The minimum atomic E-state index is 0.476. The third-order valence-corrected chi connectivity index (χ3v) is 3.12. The molecular weight excluding hydrogens is 288 g/mol. The maximum atomic E-state index is 5.51. The first-order valence-electron chi connectivity index (χ1n) is 7.20. The van der Waals surface area contributed by atoms with E-state index >= 15 is 0 Å². The maximum absolute atomic E-state index is 5.51. The van der Waals surface area contributed by atoms with Crippen LogP contribution >= 0.6 is 0 Å². The molecule has 3 rings (SSSR count). The van der Waals surface area contributed by atoms with E-state index in [1.165, 1.54) is 0 Å². The molecule has 0 radical (unpaired) electrons. The van der Waals surface area contributed by atoms with Crippen molar-refractivity contribution in [3.63, 3.8) is 0 Å². The van der Waals surface area contributed by atoms with Crippen LogP contribution in [0.25, 0.3) is 11.4 Å². The molecule has 0 atom stereocenters. The molecule has 0 spiro atoms. The second-order valence-electron chi connectivity index (χ2n) is 4.78. The highest BCUT2D eigenvalue weighted by Crippen LogP contribution is 2.16. The molecule has 0 aliphatic heterocycles. The maximum Gasteiger partial charge on any atom is 0.184 e. The molecule has 0 aliphatic carbocycles. The largest absolute Gasteiger partial charge is 0.490 e. The smallest absolute Gasteiger partial charge is 0.184 e. The van der Waals surface area contributed by atoms with Crippen LogP contribution in [-0.2, 0) is 0 Å². The zero-order chi connectivity index (χ0) is 15.9. The van der Waals surface area contributed by atoms with Gasteiger partial charge in [0.05, 0.1) is 6.21 Å². The molecule has 114 valence electrons. The van der Waals surface area contributed by atoms with Gasteiger partial charge in [0.1, 0.15) is 18.7 Å². The van der Waals surface area contributed by atoms with E-state index in [1.54, 1.807) is 23.3 Å². The molecule has 5 nitrogen and oxygen atoms in total. The van der Waals surface area contributed by atoms with Crippen LogP contribution in [0, 0.1) is 0 Å². The Labute approximate surface area is 134 Å². The number of nitrogens with zero attached hydrogens (tertiary/aromatic N) is 4. The van der Waals surface area contributed by atoms with E-state index in [2.05, 4.69) is 21.9 Å². The van der Waals surface area contributed by atoms with Gasteiger partial charge in [0.15, 0.2) is 5.82 Å². The molecule has 0 bridgehead atoms. The third-order valence-electron chi connectivity index (χ3n) is 3.12. The number of aromatic nitrogens is 3. The molecule has 23 heavy (non-hydrogen) atoms. The van der Waals surface area contributed by atoms with Crippen LogP contribution in [0.4, 0.5) is 0 Å². The SMILES string of the molecule is C=CCOc1cccc(/C=N\n2cnnc2-c2ccccc2)c1. The first kappa shape index (κ1) is 14.7. The van der Waals surface area contributed by atoms with Crippen molar-refractivity contribution in [3.05, 3.63) is 79.1 Å². The lowest BCUT2D eigenvalue weighted by atomic mass is 10.2. The van der Waals surface area contributed by atoms with Gasteiger partial charge in [0, 0.05) is 5.56 Å². The zero-order valence-corrected chi connectivity index (χ0v) is 12.5. The summed E-state index contributed by atoms with van der Waals surface area (Å²) in [6, 6.07) is 17.5. The van der Waals surface area contributed by atoms with Gasteiger partial charge in [-0.25, -0.2) is 0 Å². The van der Waals surface area contributed by atoms with Crippen molar-refractivity contribution in [2.24, 2.45) is 5.10 Å². The van der Waals surface area contributed by atoms with Gasteiger partial charge in [0.25, 0.3) is 0 Å². The molecule has 3 aromatic rings. The summed E-state index contributed by atoms with van der Waals surface area (Å²) < 4.78 is 7.16. The van der Waals surface area contributed by atoms with Crippen LogP contribution in [0.2, 0.25) is 0 Å². The van der Waals surface area contributed by atoms with Crippen molar-refractivity contribution < 1.29 is 4.74 Å². The molecule has 2 aromatic carbocycles.